The Balaban J connectivity index is 1.89. The van der Waals surface area contributed by atoms with Crippen LogP contribution >= 0.6 is 0 Å². The number of amides is 1. The lowest BCUT2D eigenvalue weighted by atomic mass is 10.1. The second-order valence-corrected chi connectivity index (χ2v) is 5.88. The number of benzene rings is 2. The number of hydrogen-bond acceptors (Lipinski definition) is 5. The van der Waals surface area contributed by atoms with Crippen molar-refractivity contribution in [2.45, 2.75) is 26.4 Å². The standard InChI is InChI=1S/C20H22N2O5/c1-3-27-20(26)13(2)22-18(23)15-8-10-17(11-9-15)21-12-14-4-6-16(7-5-14)19(24)25/h4-11,13,21H,3,12H2,1-2H3,(H,22,23)(H,24,25). The number of ether oxygens (including phenoxy) is 1. The molecule has 0 heterocycles. The molecule has 1 amide bonds. The van der Waals surface area contributed by atoms with Gasteiger partial charge in [0.25, 0.3) is 5.91 Å². The smallest absolute Gasteiger partial charge is 0.335 e. The highest BCUT2D eigenvalue weighted by atomic mass is 16.5. The van der Waals surface area contributed by atoms with Gasteiger partial charge in [0.1, 0.15) is 6.04 Å². The van der Waals surface area contributed by atoms with Crippen molar-refractivity contribution < 1.29 is 24.2 Å². The summed E-state index contributed by atoms with van der Waals surface area (Å²) >= 11 is 0. The maximum absolute atomic E-state index is 12.2. The quantitative estimate of drug-likeness (QED) is 0.617. The predicted molar refractivity (Wildman–Crippen MR) is 101 cm³/mol. The Bertz CT molecular complexity index is 800. The lowest BCUT2D eigenvalue weighted by Crippen LogP contribution is -2.39. The molecule has 0 bridgehead atoms. The van der Waals surface area contributed by atoms with Gasteiger partial charge in [0.2, 0.25) is 0 Å². The van der Waals surface area contributed by atoms with Crippen LogP contribution < -0.4 is 10.6 Å². The summed E-state index contributed by atoms with van der Waals surface area (Å²) in [4.78, 5) is 34.6. The molecule has 2 aromatic carbocycles. The van der Waals surface area contributed by atoms with Crippen LogP contribution in [0.15, 0.2) is 48.5 Å². The Morgan fingerprint density at radius 1 is 1.00 bits per heavy atom. The van der Waals surface area contributed by atoms with E-state index in [1.807, 2.05) is 0 Å². The van der Waals surface area contributed by atoms with Crippen molar-refractivity contribution in [3.63, 3.8) is 0 Å². The Morgan fingerprint density at radius 3 is 2.15 bits per heavy atom. The Hall–Kier alpha value is -3.35. The third-order valence-corrected chi connectivity index (χ3v) is 3.83. The van der Waals surface area contributed by atoms with E-state index in [4.69, 9.17) is 9.84 Å². The van der Waals surface area contributed by atoms with Crippen LogP contribution in [0.4, 0.5) is 5.69 Å². The summed E-state index contributed by atoms with van der Waals surface area (Å²) < 4.78 is 4.86. The van der Waals surface area contributed by atoms with Gasteiger partial charge in [0.15, 0.2) is 0 Å². The predicted octanol–water partition coefficient (Wildman–Crippen LogP) is 2.68. The average molecular weight is 370 g/mol. The molecule has 0 aliphatic rings. The number of carboxylic acids is 1. The second kappa shape index (κ2) is 9.38. The van der Waals surface area contributed by atoms with E-state index in [0.717, 1.165) is 11.3 Å². The number of carbonyl (C=O) groups is 3. The first-order valence-corrected chi connectivity index (χ1v) is 8.54. The largest absolute Gasteiger partial charge is 0.478 e. The van der Waals surface area contributed by atoms with Gasteiger partial charge in [-0.1, -0.05) is 12.1 Å². The molecule has 1 atom stereocenters. The molecule has 0 fully saturated rings. The summed E-state index contributed by atoms with van der Waals surface area (Å²) in [6.07, 6.45) is 0. The van der Waals surface area contributed by atoms with Gasteiger partial charge >= 0.3 is 11.9 Å². The van der Waals surface area contributed by atoms with Crippen LogP contribution in [0.5, 0.6) is 0 Å². The van der Waals surface area contributed by atoms with Gasteiger partial charge in [-0.3, -0.25) is 4.79 Å². The first kappa shape index (κ1) is 20.0. The molecule has 1 unspecified atom stereocenters. The van der Waals surface area contributed by atoms with Crippen LogP contribution in [0, 0.1) is 0 Å². The molecule has 142 valence electrons. The van der Waals surface area contributed by atoms with Crippen LogP contribution in [0.25, 0.3) is 0 Å². The summed E-state index contributed by atoms with van der Waals surface area (Å²) in [6, 6.07) is 12.7. The molecule has 0 saturated heterocycles. The van der Waals surface area contributed by atoms with Gasteiger partial charge in [0, 0.05) is 17.8 Å². The fourth-order valence-electron chi connectivity index (χ4n) is 2.31. The summed E-state index contributed by atoms with van der Waals surface area (Å²) in [5, 5.41) is 14.7. The average Bonchev–Trinajstić information content (AvgIpc) is 2.67. The first-order valence-electron chi connectivity index (χ1n) is 8.54. The molecule has 0 radical (unpaired) electrons. The van der Waals surface area contributed by atoms with Gasteiger partial charge in [-0.15, -0.1) is 0 Å². The van der Waals surface area contributed by atoms with Crippen molar-refractivity contribution in [1.82, 2.24) is 5.32 Å². The maximum Gasteiger partial charge on any atom is 0.335 e. The summed E-state index contributed by atoms with van der Waals surface area (Å²) in [5.74, 6) is -1.79. The third-order valence-electron chi connectivity index (χ3n) is 3.83. The van der Waals surface area contributed by atoms with E-state index >= 15 is 0 Å². The van der Waals surface area contributed by atoms with E-state index in [2.05, 4.69) is 10.6 Å². The fourth-order valence-corrected chi connectivity index (χ4v) is 2.31. The van der Waals surface area contributed by atoms with Crippen molar-refractivity contribution in [2.75, 3.05) is 11.9 Å². The molecule has 2 aromatic rings. The van der Waals surface area contributed by atoms with Gasteiger partial charge in [-0.25, -0.2) is 9.59 Å². The number of anilines is 1. The topological polar surface area (TPSA) is 105 Å². The molecule has 2 rings (SSSR count). The highest BCUT2D eigenvalue weighted by molar-refractivity contribution is 5.97. The number of rotatable bonds is 8. The molecule has 27 heavy (non-hydrogen) atoms. The Kier molecular flexibility index (Phi) is 6.93. The van der Waals surface area contributed by atoms with Crippen molar-refractivity contribution in [3.05, 3.63) is 65.2 Å². The third kappa shape index (κ3) is 5.85. The molecule has 0 aliphatic heterocycles. The van der Waals surface area contributed by atoms with Crippen molar-refractivity contribution >= 4 is 23.5 Å². The van der Waals surface area contributed by atoms with Gasteiger partial charge in [-0.05, 0) is 55.8 Å². The van der Waals surface area contributed by atoms with Gasteiger partial charge in [0.05, 0.1) is 12.2 Å². The van der Waals surface area contributed by atoms with E-state index in [0.29, 0.717) is 12.1 Å². The number of carbonyl (C=O) groups excluding carboxylic acids is 2. The zero-order valence-corrected chi connectivity index (χ0v) is 15.2. The molecule has 0 aromatic heterocycles. The molecule has 7 nitrogen and oxygen atoms in total. The van der Waals surface area contributed by atoms with Crippen LogP contribution in [0.3, 0.4) is 0 Å². The molecule has 3 N–H and O–H groups in total. The highest BCUT2D eigenvalue weighted by Gasteiger charge is 2.17. The monoisotopic (exact) mass is 370 g/mol. The molecule has 7 heteroatoms. The van der Waals surface area contributed by atoms with E-state index in [9.17, 15) is 14.4 Å². The minimum Gasteiger partial charge on any atom is -0.478 e. The summed E-state index contributed by atoms with van der Waals surface area (Å²) in [6.45, 7) is 4.06. The minimum atomic E-state index is -0.958. The van der Waals surface area contributed by atoms with E-state index in [1.54, 1.807) is 62.4 Å². The molecule has 0 aliphatic carbocycles. The van der Waals surface area contributed by atoms with E-state index in [1.165, 1.54) is 0 Å². The summed E-state index contributed by atoms with van der Waals surface area (Å²) in [7, 11) is 0. The second-order valence-electron chi connectivity index (χ2n) is 5.88. The maximum atomic E-state index is 12.2. The minimum absolute atomic E-state index is 0.242. The number of aromatic carboxylic acids is 1. The number of hydrogen-bond donors (Lipinski definition) is 3. The SMILES string of the molecule is CCOC(=O)C(C)NC(=O)c1ccc(NCc2ccc(C(=O)O)cc2)cc1. The lowest BCUT2D eigenvalue weighted by Gasteiger charge is -2.13. The van der Waals surface area contributed by atoms with E-state index < -0.39 is 18.0 Å². The number of carboxylic acid groups (broad SMARTS) is 1. The molecule has 0 spiro atoms. The first-order chi connectivity index (χ1) is 12.9. The molecule has 0 saturated carbocycles. The van der Waals surface area contributed by atoms with Crippen molar-refractivity contribution in [1.29, 1.82) is 0 Å². The van der Waals surface area contributed by atoms with Crippen LogP contribution in [0.2, 0.25) is 0 Å². The van der Waals surface area contributed by atoms with Crippen molar-refractivity contribution in [3.8, 4) is 0 Å². The lowest BCUT2D eigenvalue weighted by molar-refractivity contribution is -0.144. The normalized spacial score (nSPS) is 11.3. The van der Waals surface area contributed by atoms with Crippen LogP contribution in [-0.2, 0) is 16.1 Å². The Morgan fingerprint density at radius 2 is 1.59 bits per heavy atom. The summed E-state index contributed by atoms with van der Waals surface area (Å²) in [5.41, 5.74) is 2.42. The number of nitrogens with one attached hydrogen (secondary N) is 2. The van der Waals surface area contributed by atoms with Gasteiger partial charge in [-0.2, -0.15) is 0 Å². The van der Waals surface area contributed by atoms with Gasteiger partial charge < -0.3 is 20.5 Å². The number of esters is 1. The van der Waals surface area contributed by atoms with Crippen LogP contribution in [0.1, 0.15) is 40.1 Å². The van der Waals surface area contributed by atoms with E-state index in [-0.39, 0.29) is 18.1 Å². The fraction of sp³-hybridized carbons (Fsp3) is 0.250. The Labute approximate surface area is 157 Å². The zero-order chi connectivity index (χ0) is 19.8. The zero-order valence-electron chi connectivity index (χ0n) is 15.2. The molecular weight excluding hydrogens is 348 g/mol. The highest BCUT2D eigenvalue weighted by Crippen LogP contribution is 2.12. The van der Waals surface area contributed by atoms with Crippen molar-refractivity contribution in [2.24, 2.45) is 0 Å². The molecular formula is C20H22N2O5. The van der Waals surface area contributed by atoms with Crippen LogP contribution in [-0.4, -0.2) is 35.6 Å².